The van der Waals surface area contributed by atoms with Crippen LogP contribution in [-0.2, 0) is 4.74 Å². The molecule has 0 aliphatic heterocycles. The van der Waals surface area contributed by atoms with E-state index < -0.39 is 23.2 Å². The summed E-state index contributed by atoms with van der Waals surface area (Å²) in [5, 5.41) is 8.86. The van der Waals surface area contributed by atoms with Gasteiger partial charge in [0.15, 0.2) is 6.29 Å². The fraction of sp³-hybridized carbons (Fsp3) is 0.250. The molecule has 106 valence electrons. The van der Waals surface area contributed by atoms with Crippen LogP contribution < -0.4 is 0 Å². The number of esters is 1. The van der Waals surface area contributed by atoms with Gasteiger partial charge < -0.3 is 4.74 Å². The van der Waals surface area contributed by atoms with Gasteiger partial charge in [-0.15, -0.1) is 0 Å². The van der Waals surface area contributed by atoms with Gasteiger partial charge in [-0.25, -0.2) is 4.79 Å². The molecule has 1 rings (SSSR count). The van der Waals surface area contributed by atoms with Gasteiger partial charge in [-0.1, -0.05) is 0 Å². The molecule has 0 spiro atoms. The Morgan fingerprint density at radius 2 is 2.15 bits per heavy atom. The zero-order chi connectivity index (χ0) is 15.3. The molecule has 0 unspecified atom stereocenters. The fourth-order valence-electron chi connectivity index (χ4n) is 1.42. The zero-order valence-electron chi connectivity index (χ0n) is 10.2. The van der Waals surface area contributed by atoms with Crippen LogP contribution in [0.5, 0.6) is 0 Å². The van der Waals surface area contributed by atoms with Gasteiger partial charge >= 0.3 is 11.5 Å². The summed E-state index contributed by atoms with van der Waals surface area (Å²) in [6, 6.07) is 3.39. The molecule has 8 heteroatoms. The molecule has 0 atom stereocenters. The Labute approximate surface area is 116 Å². The van der Waals surface area contributed by atoms with Crippen molar-refractivity contribution >= 4 is 24.0 Å². The number of nitriles is 1. The number of nitrogens with zero attached hydrogens (tertiary/aromatic N) is 1. The van der Waals surface area contributed by atoms with Gasteiger partial charge in [0, 0.05) is 10.5 Å². The van der Waals surface area contributed by atoms with Crippen molar-refractivity contribution in [3.63, 3.8) is 0 Å². The summed E-state index contributed by atoms with van der Waals surface area (Å²) in [5.74, 6) is -0.948. The fourth-order valence-corrected chi connectivity index (χ4v) is 2.04. The number of alkyl halides is 3. The quantitative estimate of drug-likeness (QED) is 0.485. The van der Waals surface area contributed by atoms with E-state index in [9.17, 15) is 22.8 Å². The number of halogens is 3. The third-order valence-corrected chi connectivity index (χ3v) is 2.82. The average Bonchev–Trinajstić information content (AvgIpc) is 2.35. The van der Waals surface area contributed by atoms with Gasteiger partial charge in [-0.05, 0) is 30.8 Å². The summed E-state index contributed by atoms with van der Waals surface area (Å²) in [5.41, 5.74) is -5.51. The Morgan fingerprint density at radius 1 is 1.50 bits per heavy atom. The molecule has 0 fully saturated rings. The molecule has 0 saturated heterocycles. The minimum absolute atomic E-state index is 0.00431. The van der Waals surface area contributed by atoms with E-state index >= 15 is 0 Å². The topological polar surface area (TPSA) is 67.2 Å². The van der Waals surface area contributed by atoms with E-state index in [-0.39, 0.29) is 34.5 Å². The summed E-state index contributed by atoms with van der Waals surface area (Å²) in [6.07, 6.45) is 0.243. The minimum atomic E-state index is -4.57. The lowest BCUT2D eigenvalue weighted by Crippen LogP contribution is -2.10. The lowest BCUT2D eigenvalue weighted by atomic mass is 10.0. The van der Waals surface area contributed by atoms with Crippen LogP contribution in [0.15, 0.2) is 17.0 Å². The lowest BCUT2D eigenvalue weighted by Gasteiger charge is -2.10. The number of carbonyl (C=O) groups excluding carboxylic acids is 2. The molecule has 0 saturated carbocycles. The Hall–Kier alpha value is -2.01. The number of ether oxygens (including phenoxy) is 1. The molecular weight excluding hydrogens is 295 g/mol. The molecule has 0 N–H and O–H groups in total. The highest BCUT2D eigenvalue weighted by atomic mass is 32.2. The second kappa shape index (κ2) is 6.43. The molecule has 1 aromatic rings. The number of rotatable bonds is 4. The number of aldehydes is 1. The predicted octanol–water partition coefficient (Wildman–Crippen LogP) is 3.16. The SMILES string of the molecule is CCOC(=O)c1cc(SC(F)(F)F)cc(C#N)c1C=O. The van der Waals surface area contributed by atoms with Crippen molar-refractivity contribution < 1.29 is 27.5 Å². The van der Waals surface area contributed by atoms with E-state index in [2.05, 4.69) is 4.74 Å². The summed E-state index contributed by atoms with van der Waals surface area (Å²) in [6.45, 7) is 1.51. The number of hydrogen-bond donors (Lipinski definition) is 0. The highest BCUT2D eigenvalue weighted by molar-refractivity contribution is 8.00. The Balaban J connectivity index is 3.39. The van der Waals surface area contributed by atoms with Gasteiger partial charge in [-0.2, -0.15) is 18.4 Å². The van der Waals surface area contributed by atoms with Crippen LogP contribution in [0.1, 0.15) is 33.2 Å². The van der Waals surface area contributed by atoms with E-state index in [0.29, 0.717) is 0 Å². The summed E-state index contributed by atoms with van der Waals surface area (Å²) < 4.78 is 41.7. The number of hydrogen-bond acceptors (Lipinski definition) is 5. The van der Waals surface area contributed by atoms with E-state index in [1.165, 1.54) is 6.92 Å². The van der Waals surface area contributed by atoms with Crippen molar-refractivity contribution in [2.45, 2.75) is 17.3 Å². The molecule has 0 aliphatic carbocycles. The van der Waals surface area contributed by atoms with Gasteiger partial charge in [0.25, 0.3) is 0 Å². The monoisotopic (exact) mass is 303 g/mol. The van der Waals surface area contributed by atoms with Gasteiger partial charge in [0.2, 0.25) is 0 Å². The van der Waals surface area contributed by atoms with Crippen molar-refractivity contribution in [2.75, 3.05) is 6.61 Å². The third-order valence-electron chi connectivity index (χ3n) is 2.12. The van der Waals surface area contributed by atoms with Crippen LogP contribution in [-0.4, -0.2) is 24.4 Å². The average molecular weight is 303 g/mol. The number of thioether (sulfide) groups is 1. The molecule has 20 heavy (non-hydrogen) atoms. The van der Waals surface area contributed by atoms with E-state index in [1.54, 1.807) is 6.07 Å². The largest absolute Gasteiger partial charge is 0.462 e. The highest BCUT2D eigenvalue weighted by Gasteiger charge is 2.30. The normalized spacial score (nSPS) is 10.8. The Bertz CT molecular complexity index is 579. The maximum atomic E-state index is 12.3. The second-order valence-corrected chi connectivity index (χ2v) is 4.57. The smallest absolute Gasteiger partial charge is 0.446 e. The van der Waals surface area contributed by atoms with E-state index in [0.717, 1.165) is 12.1 Å². The van der Waals surface area contributed by atoms with Crippen LogP contribution in [0.4, 0.5) is 13.2 Å². The molecule has 0 bridgehead atoms. The van der Waals surface area contributed by atoms with Gasteiger partial charge in [0.05, 0.1) is 23.8 Å². The predicted molar refractivity (Wildman–Crippen MR) is 64.4 cm³/mol. The van der Waals surface area contributed by atoms with Gasteiger partial charge in [-0.3, -0.25) is 4.79 Å². The van der Waals surface area contributed by atoms with Crippen molar-refractivity contribution in [2.24, 2.45) is 0 Å². The van der Waals surface area contributed by atoms with Crippen molar-refractivity contribution in [3.05, 3.63) is 28.8 Å². The number of benzene rings is 1. The first-order chi connectivity index (χ1) is 9.32. The summed E-state index contributed by atoms with van der Waals surface area (Å²) >= 11 is -0.476. The maximum absolute atomic E-state index is 12.3. The molecule has 0 aromatic heterocycles. The molecular formula is C12H8F3NO3S. The molecule has 0 heterocycles. The minimum Gasteiger partial charge on any atom is -0.462 e. The molecule has 0 aliphatic rings. The highest BCUT2D eigenvalue weighted by Crippen LogP contribution is 2.38. The van der Waals surface area contributed by atoms with Crippen molar-refractivity contribution in [1.29, 1.82) is 5.26 Å². The van der Waals surface area contributed by atoms with E-state index in [4.69, 9.17) is 5.26 Å². The lowest BCUT2D eigenvalue weighted by molar-refractivity contribution is -0.0328. The number of carbonyl (C=O) groups is 2. The van der Waals surface area contributed by atoms with Crippen molar-refractivity contribution in [1.82, 2.24) is 0 Å². The first kappa shape index (κ1) is 16.0. The second-order valence-electron chi connectivity index (χ2n) is 3.43. The van der Waals surface area contributed by atoms with Crippen LogP contribution in [0.3, 0.4) is 0 Å². The Morgan fingerprint density at radius 3 is 2.60 bits per heavy atom. The zero-order valence-corrected chi connectivity index (χ0v) is 11.0. The third kappa shape index (κ3) is 3.99. The Kier molecular flexibility index (Phi) is 5.16. The van der Waals surface area contributed by atoms with Crippen LogP contribution >= 0.6 is 11.8 Å². The maximum Gasteiger partial charge on any atom is 0.446 e. The van der Waals surface area contributed by atoms with Crippen LogP contribution in [0.25, 0.3) is 0 Å². The molecule has 4 nitrogen and oxygen atoms in total. The first-order valence-corrected chi connectivity index (χ1v) is 6.10. The molecule has 1 aromatic carbocycles. The first-order valence-electron chi connectivity index (χ1n) is 5.28. The summed E-state index contributed by atoms with van der Waals surface area (Å²) in [7, 11) is 0. The van der Waals surface area contributed by atoms with E-state index in [1.807, 2.05) is 0 Å². The molecule has 0 radical (unpaired) electrons. The van der Waals surface area contributed by atoms with Gasteiger partial charge in [0.1, 0.15) is 0 Å². The van der Waals surface area contributed by atoms with Crippen molar-refractivity contribution in [3.8, 4) is 6.07 Å². The van der Waals surface area contributed by atoms with Crippen LogP contribution in [0.2, 0.25) is 0 Å². The molecule has 0 amide bonds. The standard InChI is InChI=1S/C12H8F3NO3S/c1-2-19-11(18)9-4-8(20-12(13,14)15)3-7(5-16)10(9)6-17/h3-4,6H,2H2,1H3. The summed E-state index contributed by atoms with van der Waals surface area (Å²) in [4.78, 5) is 22.2. The van der Waals surface area contributed by atoms with Crippen LogP contribution in [0, 0.1) is 11.3 Å².